The SMILES string of the molecule is O=C(NC1CC(N2CCC(C(F)(F)F)CC2)C1)N1CCn2c(n[nH]c2=O)C1. The Balaban J connectivity index is 1.21. The fourth-order valence-electron chi connectivity index (χ4n) is 4.21. The van der Waals surface area contributed by atoms with Crippen molar-refractivity contribution in [3.8, 4) is 0 Å². The molecule has 2 fully saturated rings. The van der Waals surface area contributed by atoms with Gasteiger partial charge in [-0.1, -0.05) is 0 Å². The van der Waals surface area contributed by atoms with E-state index in [9.17, 15) is 22.8 Å². The Morgan fingerprint density at radius 2 is 1.85 bits per heavy atom. The number of amides is 2. The van der Waals surface area contributed by atoms with Gasteiger partial charge in [-0.3, -0.25) is 4.57 Å². The van der Waals surface area contributed by atoms with E-state index in [4.69, 9.17) is 0 Å². The number of hydrogen-bond donors (Lipinski definition) is 2. The highest BCUT2D eigenvalue weighted by Gasteiger charge is 2.43. The summed E-state index contributed by atoms with van der Waals surface area (Å²) in [6.07, 6.45) is -2.23. The zero-order chi connectivity index (χ0) is 19.2. The van der Waals surface area contributed by atoms with E-state index in [1.165, 1.54) is 4.57 Å². The number of alkyl halides is 3. The van der Waals surface area contributed by atoms with Crippen LogP contribution in [0.15, 0.2) is 4.79 Å². The first-order valence-corrected chi connectivity index (χ1v) is 9.31. The highest BCUT2D eigenvalue weighted by atomic mass is 19.4. The number of nitrogens with one attached hydrogen (secondary N) is 2. The van der Waals surface area contributed by atoms with Gasteiger partial charge in [0.15, 0.2) is 5.82 Å². The van der Waals surface area contributed by atoms with Gasteiger partial charge < -0.3 is 15.1 Å². The molecule has 3 aliphatic rings. The zero-order valence-corrected chi connectivity index (χ0v) is 14.8. The lowest BCUT2D eigenvalue weighted by atomic mass is 9.83. The van der Waals surface area contributed by atoms with E-state index in [2.05, 4.69) is 20.4 Å². The number of carbonyl (C=O) groups excluding carboxylic acids is 1. The van der Waals surface area contributed by atoms with Crippen LogP contribution in [0.5, 0.6) is 0 Å². The van der Waals surface area contributed by atoms with Gasteiger partial charge in [0.25, 0.3) is 0 Å². The van der Waals surface area contributed by atoms with Crippen molar-refractivity contribution in [3.05, 3.63) is 16.3 Å². The summed E-state index contributed by atoms with van der Waals surface area (Å²) in [7, 11) is 0. The van der Waals surface area contributed by atoms with Crippen LogP contribution < -0.4 is 11.0 Å². The number of fused-ring (bicyclic) bond motifs is 1. The van der Waals surface area contributed by atoms with Gasteiger partial charge in [-0.2, -0.15) is 18.3 Å². The number of likely N-dealkylation sites (tertiary alicyclic amines) is 1. The fraction of sp³-hybridized carbons (Fsp3) is 0.812. The van der Waals surface area contributed by atoms with Crippen molar-refractivity contribution in [2.75, 3.05) is 19.6 Å². The molecule has 1 aromatic rings. The van der Waals surface area contributed by atoms with Crippen LogP contribution in [-0.2, 0) is 13.1 Å². The van der Waals surface area contributed by atoms with Crippen molar-refractivity contribution >= 4 is 6.03 Å². The third-order valence-electron chi connectivity index (χ3n) is 6.00. The van der Waals surface area contributed by atoms with E-state index < -0.39 is 12.1 Å². The minimum absolute atomic E-state index is 0.0474. The Morgan fingerprint density at radius 3 is 2.52 bits per heavy atom. The van der Waals surface area contributed by atoms with Crippen molar-refractivity contribution in [2.45, 2.75) is 57.0 Å². The third kappa shape index (κ3) is 3.69. The van der Waals surface area contributed by atoms with Crippen LogP contribution in [0.2, 0.25) is 0 Å². The molecular formula is C16H23F3N6O2. The van der Waals surface area contributed by atoms with E-state index >= 15 is 0 Å². The van der Waals surface area contributed by atoms with Crippen LogP contribution in [-0.4, -0.2) is 68.5 Å². The lowest BCUT2D eigenvalue weighted by Gasteiger charge is -2.46. The number of rotatable bonds is 2. The summed E-state index contributed by atoms with van der Waals surface area (Å²) in [6, 6.07) is 0.115. The summed E-state index contributed by atoms with van der Waals surface area (Å²) in [4.78, 5) is 27.6. The molecule has 0 radical (unpaired) electrons. The molecule has 11 heteroatoms. The molecule has 0 spiro atoms. The molecule has 1 saturated carbocycles. The average molecular weight is 388 g/mol. The van der Waals surface area contributed by atoms with Crippen molar-refractivity contribution in [1.82, 2.24) is 29.9 Å². The van der Waals surface area contributed by atoms with Crippen LogP contribution in [0.4, 0.5) is 18.0 Å². The molecule has 0 atom stereocenters. The van der Waals surface area contributed by atoms with E-state index in [0.29, 0.717) is 32.0 Å². The Labute approximate surface area is 153 Å². The molecule has 2 amide bonds. The molecule has 0 aromatic carbocycles. The monoisotopic (exact) mass is 388 g/mol. The van der Waals surface area contributed by atoms with Gasteiger partial charge in [-0.15, -0.1) is 0 Å². The largest absolute Gasteiger partial charge is 0.391 e. The van der Waals surface area contributed by atoms with Gasteiger partial charge in [0.1, 0.15) is 0 Å². The molecule has 1 aromatic heterocycles. The van der Waals surface area contributed by atoms with Gasteiger partial charge in [0.2, 0.25) is 0 Å². The second-order valence-corrected chi connectivity index (χ2v) is 7.64. The Morgan fingerprint density at radius 1 is 1.15 bits per heavy atom. The fourth-order valence-corrected chi connectivity index (χ4v) is 4.21. The normalized spacial score (nSPS) is 27.1. The van der Waals surface area contributed by atoms with Crippen LogP contribution >= 0.6 is 0 Å². The predicted octanol–water partition coefficient (Wildman–Crippen LogP) is 0.902. The van der Waals surface area contributed by atoms with Crippen LogP contribution in [0, 0.1) is 5.92 Å². The summed E-state index contributed by atoms with van der Waals surface area (Å²) in [5.41, 5.74) is -0.263. The topological polar surface area (TPSA) is 86.3 Å². The highest BCUT2D eigenvalue weighted by molar-refractivity contribution is 5.74. The van der Waals surface area contributed by atoms with Gasteiger partial charge in [0, 0.05) is 25.2 Å². The first-order valence-electron chi connectivity index (χ1n) is 9.31. The van der Waals surface area contributed by atoms with Crippen LogP contribution in [0.3, 0.4) is 0 Å². The van der Waals surface area contributed by atoms with Crippen molar-refractivity contribution < 1.29 is 18.0 Å². The minimum atomic E-state index is -4.09. The molecule has 27 heavy (non-hydrogen) atoms. The second-order valence-electron chi connectivity index (χ2n) is 7.64. The second kappa shape index (κ2) is 6.84. The van der Waals surface area contributed by atoms with Crippen molar-refractivity contribution in [3.63, 3.8) is 0 Å². The highest BCUT2D eigenvalue weighted by Crippen LogP contribution is 2.36. The number of H-pyrrole nitrogens is 1. The number of piperidine rings is 1. The standard InChI is InChI=1S/C16H23F3N6O2/c17-16(18,19)10-1-3-23(4-2-10)12-7-11(8-12)20-14(26)24-5-6-25-13(9-24)21-22-15(25)27/h10-12H,1-9H2,(H,20,26)(H,22,27). The van der Waals surface area contributed by atoms with E-state index in [0.717, 1.165) is 12.8 Å². The maximum absolute atomic E-state index is 12.7. The first kappa shape index (κ1) is 18.3. The van der Waals surface area contributed by atoms with Gasteiger partial charge in [-0.25, -0.2) is 14.7 Å². The maximum atomic E-state index is 12.7. The number of carbonyl (C=O) groups is 1. The number of hydrogen-bond acceptors (Lipinski definition) is 4. The molecule has 4 rings (SSSR count). The average Bonchev–Trinajstić information content (AvgIpc) is 2.97. The maximum Gasteiger partial charge on any atom is 0.391 e. The van der Waals surface area contributed by atoms with E-state index in [1.807, 2.05) is 0 Å². The summed E-state index contributed by atoms with van der Waals surface area (Å²) in [5, 5.41) is 9.28. The van der Waals surface area contributed by atoms with E-state index in [-0.39, 0.29) is 43.2 Å². The number of aromatic nitrogens is 3. The molecule has 2 aliphatic heterocycles. The Hall–Kier alpha value is -2.04. The predicted molar refractivity (Wildman–Crippen MR) is 89.0 cm³/mol. The molecule has 1 aliphatic carbocycles. The smallest absolute Gasteiger partial charge is 0.335 e. The summed E-state index contributed by atoms with van der Waals surface area (Å²) in [6.45, 7) is 2.08. The lowest BCUT2D eigenvalue weighted by molar-refractivity contribution is -0.187. The van der Waals surface area contributed by atoms with Gasteiger partial charge in [-0.05, 0) is 38.8 Å². The Kier molecular flexibility index (Phi) is 4.65. The van der Waals surface area contributed by atoms with Gasteiger partial charge in [0.05, 0.1) is 12.5 Å². The first-order chi connectivity index (χ1) is 12.8. The Bertz CT molecular complexity index is 746. The molecule has 8 nitrogen and oxygen atoms in total. The third-order valence-corrected chi connectivity index (χ3v) is 6.00. The quantitative estimate of drug-likeness (QED) is 0.788. The zero-order valence-electron chi connectivity index (χ0n) is 14.8. The van der Waals surface area contributed by atoms with Crippen LogP contribution in [0.1, 0.15) is 31.5 Å². The summed E-state index contributed by atoms with van der Waals surface area (Å²) in [5.74, 6) is -0.636. The van der Waals surface area contributed by atoms with Gasteiger partial charge >= 0.3 is 17.9 Å². The number of halogens is 3. The molecule has 150 valence electrons. The molecule has 1 saturated heterocycles. The molecule has 0 unspecified atom stereocenters. The molecule has 0 bridgehead atoms. The molecule has 2 N–H and O–H groups in total. The number of nitrogens with zero attached hydrogens (tertiary/aromatic N) is 4. The molecular weight excluding hydrogens is 365 g/mol. The minimum Gasteiger partial charge on any atom is -0.335 e. The van der Waals surface area contributed by atoms with Crippen LogP contribution in [0.25, 0.3) is 0 Å². The molecule has 3 heterocycles. The summed E-state index contributed by atoms with van der Waals surface area (Å²) < 4.78 is 39.8. The number of aromatic amines is 1. The van der Waals surface area contributed by atoms with Crippen molar-refractivity contribution in [1.29, 1.82) is 0 Å². The van der Waals surface area contributed by atoms with E-state index in [1.54, 1.807) is 4.90 Å². The summed E-state index contributed by atoms with van der Waals surface area (Å²) >= 11 is 0. The number of urea groups is 1. The lowest BCUT2D eigenvalue weighted by Crippen LogP contribution is -2.58. The van der Waals surface area contributed by atoms with Crippen molar-refractivity contribution in [2.24, 2.45) is 5.92 Å².